The number of methoxy groups -OCH3 is 1. The van der Waals surface area contributed by atoms with Crippen molar-refractivity contribution in [3.63, 3.8) is 0 Å². The molecule has 0 aliphatic rings. The van der Waals surface area contributed by atoms with E-state index in [0.717, 1.165) is 5.69 Å². The first kappa shape index (κ1) is 9.64. The molecular weight excluding hydrogens is 194 g/mol. The number of ketones is 1. The molecule has 0 fully saturated rings. The average Bonchev–Trinajstić information content (AvgIpc) is 2.57. The second-order valence-corrected chi connectivity index (χ2v) is 3.31. The van der Waals surface area contributed by atoms with Crippen molar-refractivity contribution in [2.24, 2.45) is 0 Å². The zero-order valence-corrected chi connectivity index (χ0v) is 8.60. The molecule has 0 amide bonds. The summed E-state index contributed by atoms with van der Waals surface area (Å²) in [5.74, 6) is 0.618. The molecule has 0 atom stereocenters. The minimum Gasteiger partial charge on any atom is -0.480 e. The lowest BCUT2D eigenvalue weighted by Crippen LogP contribution is -1.95. The van der Waals surface area contributed by atoms with Gasteiger partial charge in [-0.2, -0.15) is 0 Å². The summed E-state index contributed by atoms with van der Waals surface area (Å²) in [5, 5.41) is 0. The van der Waals surface area contributed by atoms with Gasteiger partial charge in [0.2, 0.25) is 5.88 Å². The molecule has 0 spiro atoms. The number of carbonyl (C=O) groups excluding carboxylic acids is 1. The number of carbonyl (C=O) groups is 1. The van der Waals surface area contributed by atoms with E-state index >= 15 is 0 Å². The van der Waals surface area contributed by atoms with Gasteiger partial charge in [0.25, 0.3) is 0 Å². The maximum absolute atomic E-state index is 10.9. The van der Waals surface area contributed by atoms with E-state index in [-0.39, 0.29) is 5.78 Å². The van der Waals surface area contributed by atoms with Crippen molar-refractivity contribution in [3.8, 4) is 5.88 Å². The van der Waals surface area contributed by atoms with Crippen molar-refractivity contribution in [1.82, 2.24) is 14.4 Å². The van der Waals surface area contributed by atoms with Crippen molar-refractivity contribution >= 4 is 11.4 Å². The van der Waals surface area contributed by atoms with Gasteiger partial charge in [0, 0.05) is 12.6 Å². The molecule has 2 aromatic rings. The van der Waals surface area contributed by atoms with Crippen LogP contribution in [0.2, 0.25) is 0 Å². The molecule has 0 bridgehead atoms. The molecule has 15 heavy (non-hydrogen) atoms. The van der Waals surface area contributed by atoms with E-state index in [9.17, 15) is 4.79 Å². The summed E-state index contributed by atoms with van der Waals surface area (Å²) >= 11 is 0. The van der Waals surface area contributed by atoms with Gasteiger partial charge in [-0.05, 0) is 6.92 Å². The number of rotatable bonds is 3. The van der Waals surface area contributed by atoms with Gasteiger partial charge in [-0.1, -0.05) is 0 Å². The Kier molecular flexibility index (Phi) is 2.37. The molecule has 0 N–H and O–H groups in total. The first-order valence-corrected chi connectivity index (χ1v) is 4.56. The van der Waals surface area contributed by atoms with Crippen LogP contribution in [0, 0.1) is 0 Å². The second-order valence-electron chi connectivity index (χ2n) is 3.31. The fourth-order valence-corrected chi connectivity index (χ4v) is 1.38. The van der Waals surface area contributed by atoms with Crippen molar-refractivity contribution in [1.29, 1.82) is 0 Å². The predicted molar refractivity (Wildman–Crippen MR) is 53.9 cm³/mol. The summed E-state index contributed by atoms with van der Waals surface area (Å²) in [7, 11) is 1.56. The molecule has 78 valence electrons. The number of fused-ring (bicyclic) bond motifs is 1. The lowest BCUT2D eigenvalue weighted by Gasteiger charge is -1.97. The Balaban J connectivity index is 2.42. The van der Waals surface area contributed by atoms with E-state index in [2.05, 4.69) is 9.97 Å². The molecule has 0 unspecified atom stereocenters. The van der Waals surface area contributed by atoms with Gasteiger partial charge >= 0.3 is 0 Å². The van der Waals surface area contributed by atoms with Crippen LogP contribution in [0.4, 0.5) is 0 Å². The van der Waals surface area contributed by atoms with E-state index in [4.69, 9.17) is 4.74 Å². The number of imidazole rings is 1. The molecular formula is C10H11N3O2. The summed E-state index contributed by atoms with van der Waals surface area (Å²) in [5.41, 5.74) is 1.46. The monoisotopic (exact) mass is 205 g/mol. The fourth-order valence-electron chi connectivity index (χ4n) is 1.38. The molecule has 0 radical (unpaired) electrons. The van der Waals surface area contributed by atoms with E-state index in [1.54, 1.807) is 37.0 Å². The largest absolute Gasteiger partial charge is 0.480 e. The van der Waals surface area contributed by atoms with E-state index in [1.165, 1.54) is 0 Å². The molecule has 2 aromatic heterocycles. The molecule has 2 rings (SSSR count). The molecule has 0 saturated carbocycles. The van der Waals surface area contributed by atoms with Crippen LogP contribution in [0.1, 0.15) is 12.6 Å². The first-order valence-electron chi connectivity index (χ1n) is 4.56. The van der Waals surface area contributed by atoms with Crippen LogP contribution in [-0.2, 0) is 11.2 Å². The smallest absolute Gasteiger partial charge is 0.230 e. The quantitative estimate of drug-likeness (QED) is 0.746. The summed E-state index contributed by atoms with van der Waals surface area (Å²) in [4.78, 5) is 19.2. The summed E-state index contributed by atoms with van der Waals surface area (Å²) in [6.45, 7) is 1.54. The highest BCUT2D eigenvalue weighted by Gasteiger charge is 2.05. The number of nitrogens with zero attached hydrogens (tertiary/aromatic N) is 3. The topological polar surface area (TPSA) is 56.5 Å². The lowest BCUT2D eigenvalue weighted by atomic mass is 10.2. The van der Waals surface area contributed by atoms with Gasteiger partial charge < -0.3 is 9.14 Å². The number of aromatic nitrogens is 3. The van der Waals surface area contributed by atoms with Crippen LogP contribution in [0.15, 0.2) is 18.6 Å². The SMILES string of the molecule is COc1cn2cc(CC(C)=O)nc2cn1. The Morgan fingerprint density at radius 3 is 3.00 bits per heavy atom. The van der Waals surface area contributed by atoms with Gasteiger partial charge in [-0.15, -0.1) is 0 Å². The maximum atomic E-state index is 10.9. The predicted octanol–water partition coefficient (Wildman–Crippen LogP) is 0.869. The third-order valence-corrected chi connectivity index (χ3v) is 2.01. The number of hydrogen-bond donors (Lipinski definition) is 0. The Bertz CT molecular complexity index is 504. The maximum Gasteiger partial charge on any atom is 0.230 e. The standard InChI is InChI=1S/C10H11N3O2/c1-7(14)3-8-5-13-6-10(15-2)11-4-9(13)12-8/h4-6H,3H2,1-2H3. The van der Waals surface area contributed by atoms with E-state index in [1.807, 2.05) is 0 Å². The zero-order chi connectivity index (χ0) is 10.8. The molecule has 2 heterocycles. The number of ether oxygens (including phenoxy) is 1. The van der Waals surface area contributed by atoms with Gasteiger partial charge in [0.05, 0.1) is 25.2 Å². The summed E-state index contributed by atoms with van der Waals surface area (Å²) in [6.07, 6.45) is 5.50. The molecule has 5 heteroatoms. The van der Waals surface area contributed by atoms with Crippen molar-refractivity contribution in [2.75, 3.05) is 7.11 Å². The number of Topliss-reactive ketones (excluding diaryl/α,β-unsaturated/α-hetero) is 1. The highest BCUT2D eigenvalue weighted by atomic mass is 16.5. The lowest BCUT2D eigenvalue weighted by molar-refractivity contribution is -0.116. The molecule has 0 saturated heterocycles. The summed E-state index contributed by atoms with van der Waals surface area (Å²) < 4.78 is 6.78. The van der Waals surface area contributed by atoms with Gasteiger partial charge in [0.15, 0.2) is 5.65 Å². The summed E-state index contributed by atoms with van der Waals surface area (Å²) in [6, 6.07) is 0. The van der Waals surface area contributed by atoms with Crippen LogP contribution in [0.5, 0.6) is 5.88 Å². The third-order valence-electron chi connectivity index (χ3n) is 2.01. The highest BCUT2D eigenvalue weighted by Crippen LogP contribution is 2.09. The van der Waals surface area contributed by atoms with Crippen molar-refractivity contribution in [3.05, 3.63) is 24.3 Å². The van der Waals surface area contributed by atoms with Crippen molar-refractivity contribution < 1.29 is 9.53 Å². The molecule has 0 aromatic carbocycles. The van der Waals surface area contributed by atoms with E-state index < -0.39 is 0 Å². The van der Waals surface area contributed by atoms with Crippen LogP contribution in [0.25, 0.3) is 5.65 Å². The van der Waals surface area contributed by atoms with Gasteiger partial charge in [0.1, 0.15) is 5.78 Å². The van der Waals surface area contributed by atoms with Gasteiger partial charge in [-0.3, -0.25) is 4.79 Å². The molecule has 0 aliphatic heterocycles. The minimum atomic E-state index is 0.0957. The fraction of sp³-hybridized carbons (Fsp3) is 0.300. The second kappa shape index (κ2) is 3.68. The average molecular weight is 205 g/mol. The Morgan fingerprint density at radius 1 is 1.53 bits per heavy atom. The third kappa shape index (κ3) is 1.96. The minimum absolute atomic E-state index is 0.0957. The van der Waals surface area contributed by atoms with Gasteiger partial charge in [-0.25, -0.2) is 9.97 Å². The van der Waals surface area contributed by atoms with Crippen LogP contribution in [-0.4, -0.2) is 27.3 Å². The Labute approximate surface area is 86.7 Å². The molecule has 5 nitrogen and oxygen atoms in total. The zero-order valence-electron chi connectivity index (χ0n) is 8.60. The Hall–Kier alpha value is -1.91. The van der Waals surface area contributed by atoms with E-state index in [0.29, 0.717) is 17.9 Å². The van der Waals surface area contributed by atoms with Crippen LogP contribution >= 0.6 is 0 Å². The highest BCUT2D eigenvalue weighted by molar-refractivity contribution is 5.77. The first-order chi connectivity index (χ1) is 7.19. The van der Waals surface area contributed by atoms with Crippen molar-refractivity contribution in [2.45, 2.75) is 13.3 Å². The number of hydrogen-bond acceptors (Lipinski definition) is 4. The normalized spacial score (nSPS) is 10.5. The molecule has 0 aliphatic carbocycles. The van der Waals surface area contributed by atoms with Crippen LogP contribution in [0.3, 0.4) is 0 Å². The van der Waals surface area contributed by atoms with Crippen LogP contribution < -0.4 is 4.74 Å². The Morgan fingerprint density at radius 2 is 2.33 bits per heavy atom.